The molecule has 0 aliphatic carbocycles. The first-order chi connectivity index (χ1) is 15.8. The van der Waals surface area contributed by atoms with Crippen LogP contribution >= 0.6 is 0 Å². The van der Waals surface area contributed by atoms with Crippen molar-refractivity contribution in [1.82, 2.24) is 19.9 Å². The summed E-state index contributed by atoms with van der Waals surface area (Å²) < 4.78 is 17.1. The Kier molecular flexibility index (Phi) is 6.02. The number of aromatic nitrogens is 3. The molecule has 0 amide bonds. The van der Waals surface area contributed by atoms with Crippen LogP contribution in [-0.2, 0) is 6.54 Å². The maximum atomic E-state index is 5.77. The minimum atomic E-state index is 0.400. The molecule has 2 aliphatic heterocycles. The fourth-order valence-corrected chi connectivity index (χ4v) is 4.34. The Morgan fingerprint density at radius 3 is 2.72 bits per heavy atom. The van der Waals surface area contributed by atoms with Crippen molar-refractivity contribution in [3.8, 4) is 17.2 Å². The van der Waals surface area contributed by atoms with Gasteiger partial charge in [0.15, 0.2) is 11.5 Å². The van der Waals surface area contributed by atoms with E-state index in [1.807, 2.05) is 12.3 Å². The largest absolute Gasteiger partial charge is 0.496 e. The van der Waals surface area contributed by atoms with Crippen LogP contribution in [0.1, 0.15) is 30.0 Å². The van der Waals surface area contributed by atoms with Gasteiger partial charge in [-0.25, -0.2) is 4.98 Å². The first-order valence-electron chi connectivity index (χ1n) is 11.0. The highest BCUT2D eigenvalue weighted by atomic mass is 16.6. The summed E-state index contributed by atoms with van der Waals surface area (Å²) in [5, 5.41) is 3.23. The van der Waals surface area contributed by atoms with Gasteiger partial charge in [-0.15, -0.1) is 0 Å². The molecular formula is C24H27N5O3. The fraction of sp³-hybridized carbons (Fsp3) is 0.375. The smallest absolute Gasteiger partial charge is 0.165 e. The van der Waals surface area contributed by atoms with Crippen LogP contribution in [0.3, 0.4) is 0 Å². The summed E-state index contributed by atoms with van der Waals surface area (Å²) >= 11 is 0. The molecule has 0 spiro atoms. The van der Waals surface area contributed by atoms with Crippen LogP contribution in [0.5, 0.6) is 17.2 Å². The Morgan fingerprint density at radius 2 is 1.97 bits per heavy atom. The van der Waals surface area contributed by atoms with Crippen LogP contribution in [0.25, 0.3) is 0 Å². The summed E-state index contributed by atoms with van der Waals surface area (Å²) in [5.74, 6) is 3.51. The van der Waals surface area contributed by atoms with E-state index in [-0.39, 0.29) is 0 Å². The van der Waals surface area contributed by atoms with Crippen molar-refractivity contribution in [2.75, 3.05) is 38.7 Å². The zero-order valence-electron chi connectivity index (χ0n) is 18.2. The van der Waals surface area contributed by atoms with E-state index in [2.05, 4.69) is 38.4 Å². The third kappa shape index (κ3) is 4.60. The number of nitrogens with zero attached hydrogens (tertiary/aromatic N) is 4. The molecule has 0 unspecified atom stereocenters. The Balaban J connectivity index is 1.26. The lowest BCUT2D eigenvalue weighted by Gasteiger charge is -2.33. The summed E-state index contributed by atoms with van der Waals surface area (Å²) in [6.07, 6.45) is 9.16. The lowest BCUT2D eigenvalue weighted by Crippen LogP contribution is -2.34. The maximum Gasteiger partial charge on any atom is 0.165 e. The molecule has 8 nitrogen and oxygen atoms in total. The van der Waals surface area contributed by atoms with Gasteiger partial charge < -0.3 is 19.5 Å². The van der Waals surface area contributed by atoms with E-state index in [1.165, 1.54) is 0 Å². The van der Waals surface area contributed by atoms with Gasteiger partial charge in [-0.3, -0.25) is 14.9 Å². The maximum absolute atomic E-state index is 5.77. The Morgan fingerprint density at radius 1 is 1.09 bits per heavy atom. The molecule has 0 saturated carbocycles. The van der Waals surface area contributed by atoms with Gasteiger partial charge in [0.05, 0.1) is 25.2 Å². The van der Waals surface area contributed by atoms with E-state index in [9.17, 15) is 0 Å². The second-order valence-corrected chi connectivity index (χ2v) is 8.07. The number of piperidine rings is 1. The number of ether oxygens (including phenoxy) is 3. The average molecular weight is 434 g/mol. The van der Waals surface area contributed by atoms with Crippen molar-refractivity contribution in [3.63, 3.8) is 0 Å². The van der Waals surface area contributed by atoms with E-state index >= 15 is 0 Å². The standard InChI is InChI=1S/C24H27N5O3/c1-30-21-12-23-22(31-9-10-32-23)11-18(21)16-29-8-2-3-17(15-29)20-5-4-19(13-27-20)28-24-14-25-6-7-26-24/h4-7,11-14,17H,2-3,8-10,15-16H2,1H3,(H,26,28)/t17-/m0/s1. The first-order valence-corrected chi connectivity index (χ1v) is 11.0. The minimum Gasteiger partial charge on any atom is -0.496 e. The molecule has 2 aliphatic rings. The van der Waals surface area contributed by atoms with Crippen LogP contribution in [0, 0.1) is 0 Å². The number of fused-ring (bicyclic) bond motifs is 1. The van der Waals surface area contributed by atoms with E-state index in [1.54, 1.807) is 25.7 Å². The molecule has 166 valence electrons. The molecule has 0 bridgehead atoms. The van der Waals surface area contributed by atoms with Crippen molar-refractivity contribution >= 4 is 11.5 Å². The van der Waals surface area contributed by atoms with Crippen molar-refractivity contribution in [3.05, 3.63) is 60.3 Å². The third-order valence-electron chi connectivity index (χ3n) is 5.88. The predicted octanol–water partition coefficient (Wildman–Crippen LogP) is 3.77. The van der Waals surface area contributed by atoms with Gasteiger partial charge >= 0.3 is 0 Å². The van der Waals surface area contributed by atoms with Crippen molar-refractivity contribution in [1.29, 1.82) is 0 Å². The molecule has 1 N–H and O–H groups in total. The fourth-order valence-electron chi connectivity index (χ4n) is 4.34. The Hall–Kier alpha value is -3.39. The summed E-state index contributed by atoms with van der Waals surface area (Å²) in [6.45, 7) is 3.98. The normalized spacial score (nSPS) is 18.2. The third-order valence-corrected chi connectivity index (χ3v) is 5.88. The second-order valence-electron chi connectivity index (χ2n) is 8.07. The lowest BCUT2D eigenvalue weighted by molar-refractivity contribution is 0.168. The second kappa shape index (κ2) is 9.40. The first kappa shape index (κ1) is 20.5. The molecule has 5 rings (SSSR count). The van der Waals surface area contributed by atoms with Gasteiger partial charge in [-0.2, -0.15) is 0 Å². The van der Waals surface area contributed by atoms with Gasteiger partial charge in [-0.05, 0) is 37.6 Å². The topological polar surface area (TPSA) is 81.6 Å². The summed E-state index contributed by atoms with van der Waals surface area (Å²) in [4.78, 5) is 15.5. The van der Waals surface area contributed by atoms with Gasteiger partial charge in [0, 0.05) is 48.7 Å². The van der Waals surface area contributed by atoms with Gasteiger partial charge in [0.25, 0.3) is 0 Å². The van der Waals surface area contributed by atoms with Crippen LogP contribution < -0.4 is 19.5 Å². The van der Waals surface area contributed by atoms with E-state index in [0.29, 0.717) is 24.9 Å². The van der Waals surface area contributed by atoms with E-state index in [0.717, 1.165) is 66.7 Å². The minimum absolute atomic E-state index is 0.400. The number of likely N-dealkylation sites (tertiary alicyclic amines) is 1. The van der Waals surface area contributed by atoms with Gasteiger partial charge in [0.2, 0.25) is 0 Å². The quantitative estimate of drug-likeness (QED) is 0.629. The lowest BCUT2D eigenvalue weighted by atomic mass is 9.94. The summed E-state index contributed by atoms with van der Waals surface area (Å²) in [5.41, 5.74) is 3.14. The Labute approximate surface area is 187 Å². The molecule has 32 heavy (non-hydrogen) atoms. The van der Waals surface area contributed by atoms with E-state index in [4.69, 9.17) is 19.2 Å². The number of hydrogen-bond donors (Lipinski definition) is 1. The van der Waals surface area contributed by atoms with E-state index < -0.39 is 0 Å². The molecule has 1 fully saturated rings. The van der Waals surface area contributed by atoms with Crippen LogP contribution in [0.2, 0.25) is 0 Å². The zero-order chi connectivity index (χ0) is 21.8. The SMILES string of the molecule is COc1cc2c(cc1CN1CCC[C@H](c3ccc(Nc4cnccn4)cn3)C1)OCCO2. The molecule has 1 saturated heterocycles. The number of methoxy groups -OCH3 is 1. The number of benzene rings is 1. The number of pyridine rings is 1. The summed E-state index contributed by atoms with van der Waals surface area (Å²) in [7, 11) is 1.70. The van der Waals surface area contributed by atoms with Gasteiger partial charge in [-0.1, -0.05) is 0 Å². The number of nitrogens with one attached hydrogen (secondary N) is 1. The summed E-state index contributed by atoms with van der Waals surface area (Å²) in [6, 6.07) is 8.16. The molecule has 4 heterocycles. The number of hydrogen-bond acceptors (Lipinski definition) is 8. The highest BCUT2D eigenvalue weighted by Gasteiger charge is 2.24. The highest BCUT2D eigenvalue weighted by molar-refractivity contribution is 5.54. The molecule has 0 radical (unpaired) electrons. The predicted molar refractivity (Wildman–Crippen MR) is 121 cm³/mol. The van der Waals surface area contributed by atoms with Crippen LogP contribution in [-0.4, -0.2) is 53.3 Å². The molecule has 8 heteroatoms. The average Bonchev–Trinajstić information content (AvgIpc) is 2.85. The van der Waals surface area contributed by atoms with Gasteiger partial charge in [0.1, 0.15) is 24.8 Å². The molecular weight excluding hydrogens is 406 g/mol. The van der Waals surface area contributed by atoms with Crippen LogP contribution in [0.15, 0.2) is 49.1 Å². The van der Waals surface area contributed by atoms with Crippen molar-refractivity contribution in [2.45, 2.75) is 25.3 Å². The number of rotatable bonds is 6. The van der Waals surface area contributed by atoms with Crippen molar-refractivity contribution in [2.24, 2.45) is 0 Å². The Bertz CT molecular complexity index is 1050. The molecule has 2 aromatic heterocycles. The zero-order valence-corrected chi connectivity index (χ0v) is 18.2. The van der Waals surface area contributed by atoms with Crippen LogP contribution in [0.4, 0.5) is 11.5 Å². The number of anilines is 2. The highest BCUT2D eigenvalue weighted by Crippen LogP contribution is 2.38. The van der Waals surface area contributed by atoms with Crippen molar-refractivity contribution < 1.29 is 14.2 Å². The molecule has 1 aromatic carbocycles. The monoisotopic (exact) mass is 433 g/mol. The molecule has 3 aromatic rings. The molecule has 1 atom stereocenters.